The number of hydrogen-bond acceptors (Lipinski definition) is 5. The topological polar surface area (TPSA) is 90.8 Å². The zero-order valence-corrected chi connectivity index (χ0v) is 13.7. The maximum atomic E-state index is 14.2. The number of carbonyl (C=O) groups is 1. The molecular formula is C17H17F3N2O4. The highest BCUT2D eigenvalue weighted by Crippen LogP contribution is 2.28. The number of hydrogen-bond donors (Lipinski definition) is 4. The summed E-state index contributed by atoms with van der Waals surface area (Å²) in [6, 6.07) is 5.81. The third-order valence-corrected chi connectivity index (χ3v) is 3.38. The van der Waals surface area contributed by atoms with Crippen LogP contribution in [0.2, 0.25) is 0 Å². The van der Waals surface area contributed by atoms with Gasteiger partial charge in [0.15, 0.2) is 11.6 Å². The number of nitrogens with one attached hydrogen (secondary N) is 2. The van der Waals surface area contributed by atoms with Crippen molar-refractivity contribution < 1.29 is 33.0 Å². The second-order valence-electron chi connectivity index (χ2n) is 5.47. The summed E-state index contributed by atoms with van der Waals surface area (Å²) in [6.45, 7) is 0.661. The van der Waals surface area contributed by atoms with Crippen molar-refractivity contribution in [1.82, 2.24) is 5.48 Å². The van der Waals surface area contributed by atoms with Crippen molar-refractivity contribution >= 4 is 17.3 Å². The highest BCUT2D eigenvalue weighted by atomic mass is 19.2. The fourth-order valence-corrected chi connectivity index (χ4v) is 2.03. The van der Waals surface area contributed by atoms with Crippen LogP contribution in [0.25, 0.3) is 0 Å². The van der Waals surface area contributed by atoms with Crippen LogP contribution in [0.3, 0.4) is 0 Å². The molecular weight excluding hydrogens is 353 g/mol. The molecule has 26 heavy (non-hydrogen) atoms. The lowest BCUT2D eigenvalue weighted by Crippen LogP contribution is -2.30. The zero-order chi connectivity index (χ0) is 19.3. The Morgan fingerprint density at radius 1 is 1.19 bits per heavy atom. The molecule has 0 aliphatic carbocycles. The Balaban J connectivity index is 2.27. The van der Waals surface area contributed by atoms with Crippen LogP contribution in [-0.2, 0) is 4.84 Å². The minimum Gasteiger partial charge on any atom is -0.394 e. The van der Waals surface area contributed by atoms with Crippen molar-refractivity contribution in [3.63, 3.8) is 0 Å². The van der Waals surface area contributed by atoms with E-state index in [1.54, 1.807) is 13.0 Å². The van der Waals surface area contributed by atoms with Gasteiger partial charge in [-0.05, 0) is 36.8 Å². The predicted octanol–water partition coefficient (Wildman–Crippen LogP) is 2.17. The van der Waals surface area contributed by atoms with E-state index in [0.717, 1.165) is 12.1 Å². The van der Waals surface area contributed by atoms with Gasteiger partial charge >= 0.3 is 0 Å². The van der Waals surface area contributed by atoms with Crippen molar-refractivity contribution in [2.45, 2.75) is 13.0 Å². The summed E-state index contributed by atoms with van der Waals surface area (Å²) in [5.41, 5.74) is 1.49. The van der Waals surface area contributed by atoms with Gasteiger partial charge < -0.3 is 15.5 Å². The lowest BCUT2D eigenvalue weighted by molar-refractivity contribution is -0.0295. The summed E-state index contributed by atoms with van der Waals surface area (Å²) in [5.74, 6) is -4.26. The van der Waals surface area contributed by atoms with E-state index in [1.165, 1.54) is 12.1 Å². The maximum absolute atomic E-state index is 14.2. The number of halogens is 3. The predicted molar refractivity (Wildman–Crippen MR) is 87.3 cm³/mol. The summed E-state index contributed by atoms with van der Waals surface area (Å²) < 4.78 is 41.7. The van der Waals surface area contributed by atoms with Gasteiger partial charge in [0.1, 0.15) is 18.5 Å². The fraction of sp³-hybridized carbons (Fsp3) is 0.235. The first kappa shape index (κ1) is 19.7. The third-order valence-electron chi connectivity index (χ3n) is 3.38. The molecule has 0 saturated heterocycles. The van der Waals surface area contributed by atoms with Crippen molar-refractivity contribution in [2.75, 3.05) is 18.5 Å². The molecule has 140 valence electrons. The maximum Gasteiger partial charge on any atom is 0.277 e. The molecule has 6 nitrogen and oxygen atoms in total. The first-order valence-corrected chi connectivity index (χ1v) is 7.55. The van der Waals surface area contributed by atoms with Gasteiger partial charge in [0.25, 0.3) is 5.91 Å². The molecule has 0 heterocycles. The van der Waals surface area contributed by atoms with Crippen molar-refractivity contribution in [2.24, 2.45) is 0 Å². The molecule has 1 amide bonds. The summed E-state index contributed by atoms with van der Waals surface area (Å²) in [4.78, 5) is 16.8. The number of aliphatic hydroxyl groups is 2. The average Bonchev–Trinajstić information content (AvgIpc) is 2.60. The van der Waals surface area contributed by atoms with Crippen molar-refractivity contribution in [1.29, 1.82) is 0 Å². The second-order valence-corrected chi connectivity index (χ2v) is 5.47. The Kier molecular flexibility index (Phi) is 6.56. The zero-order valence-electron chi connectivity index (χ0n) is 13.7. The minimum atomic E-state index is -1.37. The molecule has 1 unspecified atom stereocenters. The monoisotopic (exact) mass is 370 g/mol. The number of aliphatic hydroxyl groups excluding tert-OH is 2. The lowest BCUT2D eigenvalue weighted by atomic mass is 10.1. The van der Waals surface area contributed by atoms with Gasteiger partial charge in [-0.1, -0.05) is 6.07 Å². The largest absolute Gasteiger partial charge is 0.394 e. The van der Waals surface area contributed by atoms with Crippen molar-refractivity contribution in [3.05, 3.63) is 58.9 Å². The summed E-state index contributed by atoms with van der Waals surface area (Å²) >= 11 is 0. The number of carbonyl (C=O) groups excluding carboxylic acids is 1. The van der Waals surface area contributed by atoms with E-state index in [2.05, 4.69) is 10.2 Å². The lowest BCUT2D eigenvalue weighted by Gasteiger charge is -2.15. The fourth-order valence-electron chi connectivity index (χ4n) is 2.03. The van der Waals surface area contributed by atoms with Gasteiger partial charge in [0, 0.05) is 0 Å². The molecule has 0 aromatic heterocycles. The molecule has 0 radical (unpaired) electrons. The molecule has 4 N–H and O–H groups in total. The van der Waals surface area contributed by atoms with E-state index in [0.29, 0.717) is 5.56 Å². The van der Waals surface area contributed by atoms with E-state index in [4.69, 9.17) is 10.2 Å². The molecule has 1 atom stereocenters. The first-order valence-electron chi connectivity index (χ1n) is 7.55. The van der Waals surface area contributed by atoms with Crippen LogP contribution in [0.5, 0.6) is 0 Å². The summed E-state index contributed by atoms with van der Waals surface area (Å²) in [7, 11) is 0. The Labute approximate surface area is 147 Å². The van der Waals surface area contributed by atoms with Crippen LogP contribution < -0.4 is 10.8 Å². The Bertz CT molecular complexity index is 802. The molecule has 0 fully saturated rings. The van der Waals surface area contributed by atoms with Crippen LogP contribution in [0.4, 0.5) is 24.5 Å². The number of benzene rings is 2. The van der Waals surface area contributed by atoms with E-state index in [1.807, 2.05) is 5.48 Å². The highest BCUT2D eigenvalue weighted by Gasteiger charge is 2.20. The number of anilines is 2. The minimum absolute atomic E-state index is 0.147. The number of aryl methyl sites for hydroxylation is 1. The molecule has 0 aliphatic heterocycles. The molecule has 2 rings (SSSR count). The molecule has 0 aliphatic rings. The van der Waals surface area contributed by atoms with Crippen LogP contribution in [0.15, 0.2) is 30.3 Å². The number of hydroxylamine groups is 1. The summed E-state index contributed by atoms with van der Waals surface area (Å²) in [5, 5.41) is 20.2. The SMILES string of the molecule is Cc1ccc(Nc2c(C(=O)NOCC(O)CO)ccc(F)c2F)c(F)c1. The molecule has 2 aromatic rings. The van der Waals surface area contributed by atoms with Gasteiger partial charge in [-0.3, -0.25) is 9.63 Å². The average molecular weight is 370 g/mol. The van der Waals surface area contributed by atoms with Crippen LogP contribution in [0, 0.1) is 24.4 Å². The van der Waals surface area contributed by atoms with E-state index < -0.39 is 48.4 Å². The quantitative estimate of drug-likeness (QED) is 0.561. The van der Waals surface area contributed by atoms with Gasteiger partial charge in [0.2, 0.25) is 0 Å². The van der Waals surface area contributed by atoms with Crippen LogP contribution in [0.1, 0.15) is 15.9 Å². The molecule has 0 saturated carbocycles. The molecule has 9 heteroatoms. The Morgan fingerprint density at radius 3 is 2.58 bits per heavy atom. The molecule has 0 bridgehead atoms. The summed E-state index contributed by atoms with van der Waals surface area (Å²) in [6.07, 6.45) is -1.22. The third kappa shape index (κ3) is 4.72. The second kappa shape index (κ2) is 8.65. The van der Waals surface area contributed by atoms with E-state index in [-0.39, 0.29) is 11.3 Å². The van der Waals surface area contributed by atoms with Crippen LogP contribution >= 0.6 is 0 Å². The van der Waals surface area contributed by atoms with E-state index >= 15 is 0 Å². The first-order chi connectivity index (χ1) is 12.3. The number of rotatable bonds is 7. The van der Waals surface area contributed by atoms with E-state index in [9.17, 15) is 18.0 Å². The van der Waals surface area contributed by atoms with Gasteiger partial charge in [-0.2, -0.15) is 0 Å². The standard InChI is InChI=1S/C17H17F3N2O4/c1-9-2-5-14(13(19)6-9)21-16-11(3-4-12(18)15(16)20)17(25)22-26-8-10(24)7-23/h2-6,10,21,23-24H,7-8H2,1H3,(H,22,25). The van der Waals surface area contributed by atoms with Gasteiger partial charge in [-0.15, -0.1) is 0 Å². The van der Waals surface area contributed by atoms with Crippen molar-refractivity contribution in [3.8, 4) is 0 Å². The smallest absolute Gasteiger partial charge is 0.277 e. The van der Waals surface area contributed by atoms with Gasteiger partial charge in [0.05, 0.1) is 23.5 Å². The normalized spacial score (nSPS) is 11.9. The number of amides is 1. The highest BCUT2D eigenvalue weighted by molar-refractivity contribution is 5.99. The Morgan fingerprint density at radius 2 is 1.92 bits per heavy atom. The molecule has 2 aromatic carbocycles. The van der Waals surface area contributed by atoms with Gasteiger partial charge in [-0.25, -0.2) is 18.7 Å². The Hall–Kier alpha value is -2.62. The van der Waals surface area contributed by atoms with Crippen LogP contribution in [-0.4, -0.2) is 35.4 Å². The molecule has 0 spiro atoms.